The zero-order chi connectivity index (χ0) is 20.7. The number of carbonyl (C=O) groups is 1. The molecule has 1 amide bonds. The van der Waals surface area contributed by atoms with E-state index in [2.05, 4.69) is 28.4 Å². The number of nitrogens with zero attached hydrogens (tertiary/aromatic N) is 1. The zero-order valence-corrected chi connectivity index (χ0v) is 19.0. The van der Waals surface area contributed by atoms with Crippen molar-refractivity contribution in [1.29, 1.82) is 0 Å². The molecule has 2 aliphatic rings. The van der Waals surface area contributed by atoms with Crippen molar-refractivity contribution in [3.05, 3.63) is 65.2 Å². The summed E-state index contributed by atoms with van der Waals surface area (Å²) in [5, 5.41) is 6.22. The summed E-state index contributed by atoms with van der Waals surface area (Å²) in [6, 6.07) is 18.2. The van der Waals surface area contributed by atoms with Gasteiger partial charge >= 0.3 is 0 Å². The quantitative estimate of drug-likeness (QED) is 0.569. The highest BCUT2D eigenvalue weighted by molar-refractivity contribution is 6.31. The molecule has 2 fully saturated rings. The van der Waals surface area contributed by atoms with E-state index in [0.29, 0.717) is 23.6 Å². The molecule has 0 bridgehead atoms. The van der Waals surface area contributed by atoms with Gasteiger partial charge < -0.3 is 15.0 Å². The monoisotopic (exact) mass is 456 g/mol. The number of amides is 1. The summed E-state index contributed by atoms with van der Waals surface area (Å²) in [7, 11) is 0. The van der Waals surface area contributed by atoms with Crippen LogP contribution >= 0.6 is 24.0 Å². The van der Waals surface area contributed by atoms with E-state index < -0.39 is 0 Å². The number of benzene rings is 3. The number of likely N-dealkylation sites (tertiary alicyclic amines) is 1. The lowest BCUT2D eigenvalue weighted by atomic mass is 9.96. The van der Waals surface area contributed by atoms with E-state index >= 15 is 0 Å². The molecule has 0 radical (unpaired) electrons. The van der Waals surface area contributed by atoms with Gasteiger partial charge in [0, 0.05) is 41.8 Å². The molecule has 5 rings (SSSR count). The second kappa shape index (κ2) is 9.07. The Morgan fingerprint density at radius 3 is 2.84 bits per heavy atom. The summed E-state index contributed by atoms with van der Waals surface area (Å²) in [4.78, 5) is 15.3. The third kappa shape index (κ3) is 4.00. The van der Waals surface area contributed by atoms with Gasteiger partial charge in [0.25, 0.3) is 5.91 Å². The molecule has 0 aliphatic carbocycles. The van der Waals surface area contributed by atoms with Crippen LogP contribution in [0.3, 0.4) is 0 Å². The van der Waals surface area contributed by atoms with Gasteiger partial charge in [-0.2, -0.15) is 0 Å². The van der Waals surface area contributed by atoms with Crippen LogP contribution in [0.25, 0.3) is 21.9 Å². The molecule has 0 saturated carbocycles. The molecule has 31 heavy (non-hydrogen) atoms. The molecule has 1 N–H and O–H groups in total. The fourth-order valence-electron chi connectivity index (χ4n) is 4.91. The maximum Gasteiger partial charge on any atom is 0.254 e. The van der Waals surface area contributed by atoms with Gasteiger partial charge in [-0.05, 0) is 65.9 Å². The van der Waals surface area contributed by atoms with Crippen molar-refractivity contribution in [3.63, 3.8) is 0 Å². The van der Waals surface area contributed by atoms with Crippen molar-refractivity contribution in [1.82, 2.24) is 10.2 Å². The number of hydrogen-bond donors (Lipinski definition) is 1. The van der Waals surface area contributed by atoms with Gasteiger partial charge in [0.2, 0.25) is 0 Å². The van der Waals surface area contributed by atoms with Crippen LogP contribution < -0.4 is 10.1 Å². The lowest BCUT2D eigenvalue weighted by Gasteiger charge is -2.23. The van der Waals surface area contributed by atoms with Crippen LogP contribution in [0, 0.1) is 5.92 Å². The Balaban J connectivity index is 0.00000231. The molecule has 6 heteroatoms. The second-order valence-electron chi connectivity index (χ2n) is 8.09. The predicted octanol–water partition coefficient (Wildman–Crippen LogP) is 5.41. The van der Waals surface area contributed by atoms with Crippen LogP contribution in [0.2, 0.25) is 5.02 Å². The van der Waals surface area contributed by atoms with Gasteiger partial charge in [-0.3, -0.25) is 4.79 Å². The smallest absolute Gasteiger partial charge is 0.254 e. The molecule has 0 aromatic heterocycles. The van der Waals surface area contributed by atoms with Crippen molar-refractivity contribution in [2.24, 2.45) is 5.92 Å². The van der Waals surface area contributed by atoms with E-state index in [4.69, 9.17) is 16.3 Å². The average Bonchev–Trinajstić information content (AvgIpc) is 3.38. The number of carbonyl (C=O) groups excluding carboxylic acids is 1. The van der Waals surface area contributed by atoms with Crippen molar-refractivity contribution in [2.75, 3.05) is 26.2 Å². The molecule has 162 valence electrons. The van der Waals surface area contributed by atoms with Crippen molar-refractivity contribution in [2.45, 2.75) is 19.4 Å². The molecular weight excluding hydrogens is 431 g/mol. The fourth-order valence-corrected chi connectivity index (χ4v) is 5.08. The van der Waals surface area contributed by atoms with Crippen LogP contribution in [0.1, 0.15) is 23.7 Å². The Kier molecular flexibility index (Phi) is 6.42. The lowest BCUT2D eigenvalue weighted by molar-refractivity contribution is 0.0737. The SMILES string of the molecule is CCOc1ccc(Cl)cc1-c1cccc2cc(C(=O)N3CC[C@H]4CNC[C@H]43)ccc12.Cl. The summed E-state index contributed by atoms with van der Waals surface area (Å²) < 4.78 is 5.84. The highest BCUT2D eigenvalue weighted by Crippen LogP contribution is 2.37. The standard InChI is InChI=1S/C25H25ClN2O2.ClH/c1-2-30-24-9-7-19(26)13-22(24)21-5-3-4-16-12-17(6-8-20(16)21)25(29)28-11-10-18-14-27-15-23(18)28;/h3-9,12-13,18,23,27H,2,10-11,14-15H2,1H3;1H/t18-,23+;/m0./s1. The number of nitrogens with one attached hydrogen (secondary N) is 1. The summed E-state index contributed by atoms with van der Waals surface area (Å²) in [6.07, 6.45) is 1.09. The maximum absolute atomic E-state index is 13.2. The minimum Gasteiger partial charge on any atom is -0.493 e. The summed E-state index contributed by atoms with van der Waals surface area (Å²) in [6.45, 7) is 5.35. The fraction of sp³-hybridized carbons (Fsp3) is 0.320. The largest absolute Gasteiger partial charge is 0.493 e. The predicted molar refractivity (Wildman–Crippen MR) is 129 cm³/mol. The summed E-state index contributed by atoms with van der Waals surface area (Å²) in [5.74, 6) is 1.54. The molecule has 2 aliphatic heterocycles. The molecule has 2 atom stereocenters. The first-order chi connectivity index (χ1) is 14.7. The van der Waals surface area contributed by atoms with Crippen molar-refractivity contribution < 1.29 is 9.53 Å². The minimum atomic E-state index is 0. The summed E-state index contributed by atoms with van der Waals surface area (Å²) >= 11 is 6.29. The first-order valence-corrected chi connectivity index (χ1v) is 11.0. The van der Waals surface area contributed by atoms with E-state index in [0.717, 1.165) is 59.3 Å². The topological polar surface area (TPSA) is 41.6 Å². The normalized spacial score (nSPS) is 19.9. The van der Waals surface area contributed by atoms with Gasteiger partial charge in [0.15, 0.2) is 0 Å². The van der Waals surface area contributed by atoms with Crippen LogP contribution in [-0.2, 0) is 0 Å². The zero-order valence-electron chi connectivity index (χ0n) is 17.4. The highest BCUT2D eigenvalue weighted by Gasteiger charge is 2.40. The third-order valence-corrected chi connectivity index (χ3v) is 6.60. The number of halogens is 2. The molecule has 3 aromatic rings. The van der Waals surface area contributed by atoms with Crippen LogP contribution in [0.5, 0.6) is 5.75 Å². The molecule has 0 spiro atoms. The van der Waals surface area contributed by atoms with E-state index in [-0.39, 0.29) is 18.3 Å². The highest BCUT2D eigenvalue weighted by atomic mass is 35.5. The minimum absolute atomic E-state index is 0. The van der Waals surface area contributed by atoms with E-state index in [1.807, 2.05) is 43.3 Å². The van der Waals surface area contributed by atoms with Crippen LogP contribution in [-0.4, -0.2) is 43.1 Å². The van der Waals surface area contributed by atoms with E-state index in [1.165, 1.54) is 0 Å². The van der Waals surface area contributed by atoms with Crippen LogP contribution in [0.4, 0.5) is 0 Å². The first kappa shape index (κ1) is 21.9. The van der Waals surface area contributed by atoms with E-state index in [9.17, 15) is 4.79 Å². The van der Waals surface area contributed by atoms with E-state index in [1.54, 1.807) is 0 Å². The number of rotatable bonds is 4. The Morgan fingerprint density at radius 2 is 2.00 bits per heavy atom. The average molecular weight is 457 g/mol. The second-order valence-corrected chi connectivity index (χ2v) is 8.52. The molecule has 4 nitrogen and oxygen atoms in total. The van der Waals surface area contributed by atoms with Gasteiger partial charge in [0.1, 0.15) is 5.75 Å². The van der Waals surface area contributed by atoms with Crippen LogP contribution in [0.15, 0.2) is 54.6 Å². The maximum atomic E-state index is 13.2. The first-order valence-electron chi connectivity index (χ1n) is 10.6. The van der Waals surface area contributed by atoms with Gasteiger partial charge in [0.05, 0.1) is 6.61 Å². The van der Waals surface area contributed by atoms with Gasteiger partial charge in [-0.1, -0.05) is 35.9 Å². The summed E-state index contributed by atoms with van der Waals surface area (Å²) in [5.41, 5.74) is 2.77. The molecule has 2 heterocycles. The Hall–Kier alpha value is -2.27. The number of hydrogen-bond acceptors (Lipinski definition) is 3. The number of fused-ring (bicyclic) bond motifs is 2. The molecule has 0 unspecified atom stereocenters. The van der Waals surface area contributed by atoms with Gasteiger partial charge in [-0.15, -0.1) is 12.4 Å². The Bertz CT molecular complexity index is 1120. The lowest BCUT2D eigenvalue weighted by Crippen LogP contribution is -2.39. The molecular formula is C25H26Cl2N2O2. The third-order valence-electron chi connectivity index (χ3n) is 6.37. The number of ether oxygens (including phenoxy) is 1. The Morgan fingerprint density at radius 1 is 1.13 bits per heavy atom. The molecule has 2 saturated heterocycles. The molecule has 3 aromatic carbocycles. The van der Waals surface area contributed by atoms with Gasteiger partial charge in [-0.25, -0.2) is 0 Å². The van der Waals surface area contributed by atoms with Crippen molar-refractivity contribution >= 4 is 40.7 Å². The van der Waals surface area contributed by atoms with Crippen molar-refractivity contribution in [3.8, 4) is 16.9 Å². The Labute approximate surface area is 193 Å².